The van der Waals surface area contributed by atoms with Crippen molar-refractivity contribution in [1.82, 2.24) is 0 Å². The largest absolute Gasteiger partial charge is 0.340 e. The molecule has 1 aliphatic carbocycles. The van der Waals surface area contributed by atoms with E-state index < -0.39 is 14.6 Å². The number of hydrogen-bond acceptors (Lipinski definition) is 2. The van der Waals surface area contributed by atoms with Crippen molar-refractivity contribution in [3.63, 3.8) is 0 Å². The van der Waals surface area contributed by atoms with Crippen LogP contribution in [0.1, 0.15) is 32.6 Å². The molecule has 0 aliphatic heterocycles. The molecule has 4 heteroatoms. The zero-order valence-corrected chi connectivity index (χ0v) is 12.1. The fourth-order valence-electron chi connectivity index (χ4n) is 1.66. The zero-order chi connectivity index (χ0) is 9.41. The van der Waals surface area contributed by atoms with Gasteiger partial charge in [0.1, 0.15) is 0 Å². The van der Waals surface area contributed by atoms with Gasteiger partial charge in [-0.05, 0) is 19.8 Å². The van der Waals surface area contributed by atoms with Crippen LogP contribution in [0.25, 0.3) is 0 Å². The molecule has 0 aromatic rings. The van der Waals surface area contributed by atoms with Gasteiger partial charge < -0.3 is 6.92 Å². The Kier molecular flexibility index (Phi) is 5.10. The first-order valence-electron chi connectivity index (χ1n) is 4.38. The van der Waals surface area contributed by atoms with Crippen LogP contribution in [0.5, 0.6) is 0 Å². The Morgan fingerprint density at radius 3 is 2.00 bits per heavy atom. The maximum absolute atomic E-state index is 11.4. The van der Waals surface area contributed by atoms with Gasteiger partial charge in [0.15, 0.2) is 9.84 Å². The first-order valence-corrected chi connectivity index (χ1v) is 6.27. The van der Waals surface area contributed by atoms with E-state index in [9.17, 15) is 8.42 Å². The Balaban J connectivity index is 0.00000144. The van der Waals surface area contributed by atoms with E-state index in [4.69, 9.17) is 0 Å². The molecule has 1 saturated carbocycles. The van der Waals surface area contributed by atoms with E-state index in [1.165, 1.54) is 6.26 Å². The molecule has 0 heterocycles. The average molecular weight is 278 g/mol. The van der Waals surface area contributed by atoms with Crippen LogP contribution in [0.2, 0.25) is 0 Å². The van der Waals surface area contributed by atoms with Crippen molar-refractivity contribution in [2.45, 2.75) is 37.4 Å². The van der Waals surface area contributed by atoms with Crippen molar-refractivity contribution in [2.75, 3.05) is 6.26 Å². The number of rotatable bonds is 1. The minimum Gasteiger partial charge on any atom is -0.340 e. The Labute approximate surface area is 107 Å². The molecule has 0 atom stereocenters. The normalized spacial score (nSPS) is 35.2. The van der Waals surface area contributed by atoms with Crippen molar-refractivity contribution in [3.8, 4) is 0 Å². The summed E-state index contributed by atoms with van der Waals surface area (Å²) >= 11 is 0. The van der Waals surface area contributed by atoms with E-state index in [1.807, 2.05) is 6.92 Å². The minimum atomic E-state index is -2.88. The van der Waals surface area contributed by atoms with E-state index in [0.717, 1.165) is 25.7 Å². The standard InChI is InChI=1S/C9H17O2S.Y/c1-8-4-6-9(2,7-5-8)12(3,10)11;/h8H,1,4-7H2,2-3H3;/q-1;. The fraction of sp³-hybridized carbons (Fsp3) is 0.889. The van der Waals surface area contributed by atoms with E-state index in [-0.39, 0.29) is 32.7 Å². The van der Waals surface area contributed by atoms with Crippen molar-refractivity contribution < 1.29 is 41.1 Å². The molecule has 0 saturated heterocycles. The molecule has 1 aliphatic rings. The van der Waals surface area contributed by atoms with Gasteiger partial charge in [-0.2, -0.15) is 5.92 Å². The molecule has 0 spiro atoms. The molecule has 0 aromatic carbocycles. The maximum atomic E-state index is 11.4. The summed E-state index contributed by atoms with van der Waals surface area (Å²) in [6, 6.07) is 0. The number of sulfone groups is 1. The molecule has 0 unspecified atom stereocenters. The third-order valence-corrected chi connectivity index (χ3v) is 5.26. The van der Waals surface area contributed by atoms with Crippen LogP contribution in [0.4, 0.5) is 0 Å². The SMILES string of the molecule is [CH2-]C1CCC(C)(S(C)(=O)=O)CC1.[Y]. The van der Waals surface area contributed by atoms with Crippen LogP contribution in [-0.4, -0.2) is 19.4 Å². The van der Waals surface area contributed by atoms with Gasteiger partial charge in [0, 0.05) is 39.0 Å². The maximum Gasteiger partial charge on any atom is 0.152 e. The molecule has 2 nitrogen and oxygen atoms in total. The zero-order valence-electron chi connectivity index (χ0n) is 8.41. The van der Waals surface area contributed by atoms with Gasteiger partial charge in [0.05, 0.1) is 4.75 Å². The molecule has 1 radical (unpaired) electrons. The molecule has 0 N–H and O–H groups in total. The van der Waals surface area contributed by atoms with Gasteiger partial charge >= 0.3 is 0 Å². The van der Waals surface area contributed by atoms with Gasteiger partial charge in [0.2, 0.25) is 0 Å². The van der Waals surface area contributed by atoms with Crippen LogP contribution in [0.3, 0.4) is 0 Å². The first-order chi connectivity index (χ1) is 5.35. The van der Waals surface area contributed by atoms with Gasteiger partial charge in [-0.1, -0.05) is 12.8 Å². The van der Waals surface area contributed by atoms with Crippen molar-refractivity contribution in [1.29, 1.82) is 0 Å². The Morgan fingerprint density at radius 1 is 1.31 bits per heavy atom. The smallest absolute Gasteiger partial charge is 0.152 e. The Bertz CT molecular complexity index is 251. The van der Waals surface area contributed by atoms with Crippen molar-refractivity contribution in [2.24, 2.45) is 5.92 Å². The van der Waals surface area contributed by atoms with Crippen LogP contribution < -0.4 is 0 Å². The summed E-state index contributed by atoms with van der Waals surface area (Å²) < 4.78 is 22.3. The van der Waals surface area contributed by atoms with Crippen LogP contribution in [-0.2, 0) is 42.5 Å². The van der Waals surface area contributed by atoms with E-state index in [1.54, 1.807) is 0 Å². The Hall–Kier alpha value is 1.05. The first kappa shape index (κ1) is 14.1. The summed E-state index contributed by atoms with van der Waals surface area (Å²) in [7, 11) is -2.88. The van der Waals surface area contributed by atoms with E-state index in [2.05, 4.69) is 6.92 Å². The second-order valence-corrected chi connectivity index (χ2v) is 6.70. The number of hydrogen-bond donors (Lipinski definition) is 0. The summed E-state index contributed by atoms with van der Waals surface area (Å²) in [6.45, 7) is 5.81. The summed E-state index contributed by atoms with van der Waals surface area (Å²) in [5.41, 5.74) is 0. The Morgan fingerprint density at radius 2 is 1.69 bits per heavy atom. The van der Waals surface area contributed by atoms with Crippen LogP contribution in [0.15, 0.2) is 0 Å². The van der Waals surface area contributed by atoms with Crippen LogP contribution >= 0.6 is 0 Å². The fourth-order valence-corrected chi connectivity index (χ4v) is 2.64. The topological polar surface area (TPSA) is 34.1 Å². The van der Waals surface area contributed by atoms with Gasteiger partial charge in [-0.25, -0.2) is 8.42 Å². The second-order valence-electron chi connectivity index (χ2n) is 4.17. The minimum absolute atomic E-state index is 0. The van der Waals surface area contributed by atoms with Gasteiger partial charge in [0.25, 0.3) is 0 Å². The summed E-state index contributed by atoms with van der Waals surface area (Å²) in [4.78, 5) is 0. The predicted octanol–water partition coefficient (Wildman–Crippen LogP) is 1.81. The van der Waals surface area contributed by atoms with Crippen molar-refractivity contribution >= 4 is 9.84 Å². The molecule has 0 bridgehead atoms. The summed E-state index contributed by atoms with van der Waals surface area (Å²) in [6.07, 6.45) is 4.80. The van der Waals surface area contributed by atoms with Gasteiger partial charge in [-0.3, -0.25) is 0 Å². The molecular weight excluding hydrogens is 261 g/mol. The second kappa shape index (κ2) is 4.72. The third-order valence-electron chi connectivity index (χ3n) is 3.06. The van der Waals surface area contributed by atoms with Crippen LogP contribution in [0, 0.1) is 12.8 Å². The monoisotopic (exact) mass is 278 g/mol. The quantitative estimate of drug-likeness (QED) is 0.686. The molecule has 75 valence electrons. The molecular formula is C9H17O2SY-. The predicted molar refractivity (Wildman–Crippen MR) is 50.6 cm³/mol. The molecule has 0 amide bonds. The average Bonchev–Trinajstić information content (AvgIpc) is 1.93. The van der Waals surface area contributed by atoms with E-state index >= 15 is 0 Å². The summed E-state index contributed by atoms with van der Waals surface area (Å²) in [5, 5.41) is 0. The van der Waals surface area contributed by atoms with Gasteiger partial charge in [-0.15, -0.1) is 0 Å². The molecule has 1 fully saturated rings. The summed E-state index contributed by atoms with van der Waals surface area (Å²) in [5.74, 6) is 0.458. The third kappa shape index (κ3) is 3.28. The van der Waals surface area contributed by atoms with Crippen molar-refractivity contribution in [3.05, 3.63) is 6.92 Å². The molecule has 0 aromatic heterocycles. The molecule has 13 heavy (non-hydrogen) atoms. The molecule has 1 rings (SSSR count). The van der Waals surface area contributed by atoms with E-state index in [0.29, 0.717) is 5.92 Å².